The van der Waals surface area contributed by atoms with E-state index in [-0.39, 0.29) is 18.3 Å². The molecule has 2 fully saturated rings. The van der Waals surface area contributed by atoms with Crippen LogP contribution in [0.3, 0.4) is 0 Å². The third-order valence-corrected chi connectivity index (χ3v) is 8.28. The van der Waals surface area contributed by atoms with E-state index in [2.05, 4.69) is 5.32 Å². The van der Waals surface area contributed by atoms with Crippen LogP contribution < -0.4 is 5.32 Å². The molecule has 1 amide bonds. The summed E-state index contributed by atoms with van der Waals surface area (Å²) in [5.41, 5.74) is 0. The maximum Gasteiger partial charge on any atom is 0.253 e. The highest BCUT2D eigenvalue weighted by molar-refractivity contribution is 7.91. The monoisotopic (exact) mass is 407 g/mol. The Hall–Kier alpha value is -0.670. The van der Waals surface area contributed by atoms with E-state index in [9.17, 15) is 13.2 Å². The van der Waals surface area contributed by atoms with E-state index in [1.165, 1.54) is 15.6 Å². The van der Waals surface area contributed by atoms with Gasteiger partial charge in [-0.05, 0) is 51.8 Å². The average molecular weight is 408 g/mol. The lowest BCUT2D eigenvalue weighted by Crippen LogP contribution is -2.53. The van der Waals surface area contributed by atoms with Crippen molar-refractivity contribution >= 4 is 39.7 Å². The van der Waals surface area contributed by atoms with Crippen LogP contribution in [0.2, 0.25) is 0 Å². The molecule has 1 aromatic heterocycles. The first-order valence-corrected chi connectivity index (χ1v) is 10.7. The number of halogens is 1. The van der Waals surface area contributed by atoms with E-state index in [1.54, 1.807) is 6.07 Å². The smallest absolute Gasteiger partial charge is 0.253 e. The zero-order valence-corrected chi connectivity index (χ0v) is 17.1. The molecule has 1 N–H and O–H groups in total. The zero-order chi connectivity index (χ0) is 17.3. The Bertz CT molecular complexity index is 707. The van der Waals surface area contributed by atoms with Crippen molar-refractivity contribution < 1.29 is 13.2 Å². The van der Waals surface area contributed by atoms with Crippen LogP contribution in [0, 0.1) is 6.92 Å². The van der Waals surface area contributed by atoms with Gasteiger partial charge in [0.1, 0.15) is 10.3 Å². The van der Waals surface area contributed by atoms with Gasteiger partial charge < -0.3 is 10.2 Å². The Kier molecular flexibility index (Phi) is 6.89. The van der Waals surface area contributed by atoms with Crippen molar-refractivity contribution in [1.29, 1.82) is 0 Å². The van der Waals surface area contributed by atoms with E-state index in [0.29, 0.717) is 29.8 Å². The second-order valence-electron chi connectivity index (χ2n) is 6.55. The Labute approximate surface area is 160 Å². The number of nitrogens with one attached hydrogen (secondary N) is 1. The van der Waals surface area contributed by atoms with Crippen molar-refractivity contribution in [2.24, 2.45) is 0 Å². The molecule has 3 rings (SSSR count). The Morgan fingerprint density at radius 2 is 1.96 bits per heavy atom. The van der Waals surface area contributed by atoms with Crippen molar-refractivity contribution in [1.82, 2.24) is 14.5 Å². The quantitative estimate of drug-likeness (QED) is 0.826. The number of thiophene rings is 1. The maximum absolute atomic E-state index is 13.0. The molecule has 0 spiro atoms. The number of hydrogen-bond donors (Lipinski definition) is 1. The molecular weight excluding hydrogens is 382 g/mol. The van der Waals surface area contributed by atoms with Crippen molar-refractivity contribution in [3.05, 3.63) is 17.0 Å². The largest absolute Gasteiger partial charge is 0.340 e. The first-order valence-electron chi connectivity index (χ1n) is 8.48. The molecule has 1 aromatic rings. The van der Waals surface area contributed by atoms with Gasteiger partial charge in [0.25, 0.3) is 10.0 Å². The van der Waals surface area contributed by atoms with Gasteiger partial charge in [0, 0.05) is 30.6 Å². The number of rotatable bonds is 4. The van der Waals surface area contributed by atoms with Gasteiger partial charge in [0.05, 0.1) is 0 Å². The van der Waals surface area contributed by atoms with E-state index < -0.39 is 16.1 Å². The fourth-order valence-electron chi connectivity index (χ4n) is 3.56. The van der Waals surface area contributed by atoms with Gasteiger partial charge in [0.2, 0.25) is 5.91 Å². The van der Waals surface area contributed by atoms with Crippen LogP contribution in [-0.4, -0.2) is 62.3 Å². The summed E-state index contributed by atoms with van der Waals surface area (Å²) in [5.74, 6) is -0.0377. The number of piperidine rings is 1. The minimum atomic E-state index is -3.58. The number of carbonyl (C=O) groups is 1. The van der Waals surface area contributed by atoms with E-state index in [1.807, 2.05) is 24.9 Å². The standard InChI is InChI=1S/C16H25N3O3S2.ClH/c1-12-7-8-15(23-12)24(21,22)19-10-4-6-14(19)16(20)18-9-3-5-13(11-18)17-2;/h7-8,13-14,17H,3-6,9-11H2,1-2H3;1H. The summed E-state index contributed by atoms with van der Waals surface area (Å²) < 4.78 is 27.6. The van der Waals surface area contributed by atoms with Gasteiger partial charge in [-0.25, -0.2) is 8.42 Å². The van der Waals surface area contributed by atoms with Gasteiger partial charge in [-0.1, -0.05) is 0 Å². The second-order valence-corrected chi connectivity index (χ2v) is 9.96. The molecule has 2 saturated heterocycles. The fraction of sp³-hybridized carbons (Fsp3) is 0.688. The minimum Gasteiger partial charge on any atom is -0.340 e. The molecule has 2 aliphatic rings. The molecule has 3 heterocycles. The first-order chi connectivity index (χ1) is 11.4. The summed E-state index contributed by atoms with van der Waals surface area (Å²) in [6.07, 6.45) is 3.37. The number of likely N-dealkylation sites (tertiary alicyclic amines) is 1. The zero-order valence-electron chi connectivity index (χ0n) is 14.6. The molecule has 142 valence electrons. The third kappa shape index (κ3) is 4.19. The van der Waals surface area contributed by atoms with Gasteiger partial charge in [-0.2, -0.15) is 4.31 Å². The second kappa shape index (κ2) is 8.35. The van der Waals surface area contributed by atoms with Gasteiger partial charge in [-0.3, -0.25) is 4.79 Å². The molecule has 9 heteroatoms. The van der Waals surface area contributed by atoms with Crippen LogP contribution in [0.1, 0.15) is 30.6 Å². The lowest BCUT2D eigenvalue weighted by atomic mass is 10.0. The SMILES string of the molecule is CNC1CCCN(C(=O)C2CCCN2S(=O)(=O)c2ccc(C)s2)C1.Cl. The van der Waals surface area contributed by atoms with Crippen LogP contribution in [-0.2, 0) is 14.8 Å². The molecule has 0 aromatic carbocycles. The van der Waals surface area contributed by atoms with Gasteiger partial charge in [0.15, 0.2) is 0 Å². The highest BCUT2D eigenvalue weighted by atomic mass is 35.5. The van der Waals surface area contributed by atoms with E-state index in [0.717, 1.165) is 30.7 Å². The summed E-state index contributed by atoms with van der Waals surface area (Å²) in [6, 6.07) is 3.21. The van der Waals surface area contributed by atoms with Crippen LogP contribution in [0.4, 0.5) is 0 Å². The molecule has 2 unspecified atom stereocenters. The maximum atomic E-state index is 13.0. The molecule has 0 bridgehead atoms. The van der Waals surface area contributed by atoms with E-state index in [4.69, 9.17) is 0 Å². The molecule has 2 aliphatic heterocycles. The van der Waals surface area contributed by atoms with Crippen molar-refractivity contribution in [3.8, 4) is 0 Å². The number of amides is 1. The van der Waals surface area contributed by atoms with Crippen molar-refractivity contribution in [2.45, 2.75) is 48.9 Å². The van der Waals surface area contributed by atoms with Crippen LogP contribution >= 0.6 is 23.7 Å². The lowest BCUT2D eigenvalue weighted by molar-refractivity contribution is -0.136. The van der Waals surface area contributed by atoms with E-state index >= 15 is 0 Å². The lowest BCUT2D eigenvalue weighted by Gasteiger charge is -2.35. The fourth-order valence-corrected chi connectivity index (χ4v) is 6.63. The number of likely N-dealkylation sites (N-methyl/N-ethyl adjacent to an activating group) is 1. The summed E-state index contributed by atoms with van der Waals surface area (Å²) in [7, 11) is -1.67. The Morgan fingerprint density at radius 1 is 1.24 bits per heavy atom. The van der Waals surface area contributed by atoms with Gasteiger partial charge in [-0.15, -0.1) is 23.7 Å². The predicted molar refractivity (Wildman–Crippen MR) is 102 cm³/mol. The molecule has 2 atom stereocenters. The number of aryl methyl sites for hydroxylation is 1. The minimum absolute atomic E-state index is 0. The number of sulfonamides is 1. The Balaban J connectivity index is 0.00000225. The van der Waals surface area contributed by atoms with Crippen molar-refractivity contribution in [2.75, 3.05) is 26.7 Å². The Morgan fingerprint density at radius 3 is 2.60 bits per heavy atom. The molecule has 0 aliphatic carbocycles. The summed E-state index contributed by atoms with van der Waals surface area (Å²) in [6.45, 7) is 3.71. The highest BCUT2D eigenvalue weighted by Gasteiger charge is 2.42. The molecule has 25 heavy (non-hydrogen) atoms. The van der Waals surface area contributed by atoms with Crippen LogP contribution in [0.25, 0.3) is 0 Å². The highest BCUT2D eigenvalue weighted by Crippen LogP contribution is 2.31. The topological polar surface area (TPSA) is 69.7 Å². The third-order valence-electron chi connectivity index (χ3n) is 4.91. The normalized spacial score (nSPS) is 25.0. The van der Waals surface area contributed by atoms with Crippen molar-refractivity contribution in [3.63, 3.8) is 0 Å². The number of carbonyl (C=O) groups excluding carboxylic acids is 1. The number of nitrogens with zero attached hydrogens (tertiary/aromatic N) is 2. The molecule has 0 saturated carbocycles. The summed E-state index contributed by atoms with van der Waals surface area (Å²) >= 11 is 1.27. The predicted octanol–water partition coefficient (Wildman–Crippen LogP) is 1.84. The molecule has 6 nitrogen and oxygen atoms in total. The van der Waals surface area contributed by atoms with Crippen LogP contribution in [0.15, 0.2) is 16.3 Å². The van der Waals surface area contributed by atoms with Crippen LogP contribution in [0.5, 0.6) is 0 Å². The van der Waals surface area contributed by atoms with Gasteiger partial charge >= 0.3 is 0 Å². The molecule has 0 radical (unpaired) electrons. The average Bonchev–Trinajstić information content (AvgIpc) is 3.23. The molecular formula is C16H26ClN3O3S2. The summed E-state index contributed by atoms with van der Waals surface area (Å²) in [4.78, 5) is 15.7. The summed E-state index contributed by atoms with van der Waals surface area (Å²) in [5, 5.41) is 3.23. The first kappa shape index (κ1) is 20.6. The number of hydrogen-bond acceptors (Lipinski definition) is 5.